The molecule has 0 unspecified atom stereocenters. The average Bonchev–Trinajstić information content (AvgIpc) is 3.10. The van der Waals surface area contributed by atoms with Crippen LogP contribution in [0.3, 0.4) is 0 Å². The Morgan fingerprint density at radius 1 is 1.29 bits per heavy atom. The molecule has 0 saturated heterocycles. The number of aryl methyl sites for hydroxylation is 1. The van der Waals surface area contributed by atoms with E-state index in [1.807, 2.05) is 37.3 Å². The van der Waals surface area contributed by atoms with E-state index < -0.39 is 18.0 Å². The minimum absolute atomic E-state index is 0.0570. The van der Waals surface area contributed by atoms with Crippen molar-refractivity contribution >= 4 is 11.5 Å². The Bertz CT molecular complexity index is 606. The fourth-order valence-corrected chi connectivity index (χ4v) is 2.92. The van der Waals surface area contributed by atoms with Crippen LogP contribution in [0.15, 0.2) is 30.3 Å². The molecule has 1 amide bonds. The van der Waals surface area contributed by atoms with Gasteiger partial charge in [-0.25, -0.2) is 0 Å². The maximum atomic E-state index is 12.5. The highest BCUT2D eigenvalue weighted by atomic mass is 19.4. The molecule has 1 aliphatic heterocycles. The molecule has 3 rings (SSSR count). The number of rotatable bonds is 2. The fourth-order valence-electron chi connectivity index (χ4n) is 2.92. The minimum atomic E-state index is -4.24. The lowest BCUT2D eigenvalue weighted by Gasteiger charge is -2.17. The van der Waals surface area contributed by atoms with Crippen LogP contribution < -0.4 is 0 Å². The number of hydrogen-bond donors (Lipinski definition) is 0. The van der Waals surface area contributed by atoms with Crippen molar-refractivity contribution in [1.82, 2.24) is 4.90 Å². The van der Waals surface area contributed by atoms with Crippen molar-refractivity contribution in [3.8, 4) is 0 Å². The molecule has 5 heteroatoms. The number of carbonyl (C=O) groups is 1. The molecule has 0 spiro atoms. The van der Waals surface area contributed by atoms with E-state index in [2.05, 4.69) is 0 Å². The molecule has 1 aliphatic carbocycles. The normalized spacial score (nSPS) is 25.0. The van der Waals surface area contributed by atoms with E-state index in [9.17, 15) is 18.0 Å². The Morgan fingerprint density at radius 2 is 2.00 bits per heavy atom. The van der Waals surface area contributed by atoms with Gasteiger partial charge in [-0.05, 0) is 30.0 Å². The van der Waals surface area contributed by atoms with Gasteiger partial charge in [-0.15, -0.1) is 0 Å². The predicted molar refractivity (Wildman–Crippen MR) is 73.4 cm³/mol. The summed E-state index contributed by atoms with van der Waals surface area (Å²) in [6.07, 6.45) is -2.37. The highest BCUT2D eigenvalue weighted by Gasteiger charge is 2.59. The second-order valence-electron chi connectivity index (χ2n) is 5.75. The van der Waals surface area contributed by atoms with E-state index in [0.717, 1.165) is 16.7 Å². The summed E-state index contributed by atoms with van der Waals surface area (Å²) in [5.41, 5.74) is 3.19. The summed E-state index contributed by atoms with van der Waals surface area (Å²) in [5.74, 6) is -2.67. The first-order valence-corrected chi connectivity index (χ1v) is 6.98. The summed E-state index contributed by atoms with van der Waals surface area (Å²) in [6.45, 7) is 2.80. The summed E-state index contributed by atoms with van der Waals surface area (Å²) >= 11 is 0. The van der Waals surface area contributed by atoms with Gasteiger partial charge in [0.1, 0.15) is 0 Å². The third-order valence-corrected chi connectivity index (χ3v) is 4.25. The number of nitrogens with zero attached hydrogens (tertiary/aromatic N) is 1. The van der Waals surface area contributed by atoms with Crippen LogP contribution in [0.25, 0.3) is 5.57 Å². The zero-order chi connectivity index (χ0) is 15.2. The third-order valence-electron chi connectivity index (χ3n) is 4.25. The highest BCUT2D eigenvalue weighted by Crippen LogP contribution is 2.51. The number of hydrogen-bond acceptors (Lipinski definition) is 1. The van der Waals surface area contributed by atoms with Gasteiger partial charge in [-0.3, -0.25) is 4.79 Å². The number of amides is 1. The lowest BCUT2D eigenvalue weighted by molar-refractivity contribution is -0.157. The van der Waals surface area contributed by atoms with Gasteiger partial charge in [0.15, 0.2) is 0 Å². The summed E-state index contributed by atoms with van der Waals surface area (Å²) in [5, 5.41) is 0. The third kappa shape index (κ3) is 2.69. The van der Waals surface area contributed by atoms with Gasteiger partial charge in [-0.2, -0.15) is 13.2 Å². The Kier molecular flexibility index (Phi) is 3.30. The number of halogens is 3. The Hall–Kier alpha value is -1.78. The zero-order valence-corrected chi connectivity index (χ0v) is 11.7. The molecule has 2 aliphatic rings. The zero-order valence-electron chi connectivity index (χ0n) is 11.7. The second-order valence-corrected chi connectivity index (χ2v) is 5.75. The van der Waals surface area contributed by atoms with E-state index >= 15 is 0 Å². The molecule has 1 saturated carbocycles. The Labute approximate surface area is 121 Å². The first kappa shape index (κ1) is 14.2. The topological polar surface area (TPSA) is 20.3 Å². The van der Waals surface area contributed by atoms with Crippen LogP contribution in [0, 0.1) is 18.8 Å². The van der Waals surface area contributed by atoms with Crippen LogP contribution in [0.2, 0.25) is 0 Å². The van der Waals surface area contributed by atoms with Gasteiger partial charge in [0, 0.05) is 13.1 Å². The van der Waals surface area contributed by atoms with Gasteiger partial charge in [0.2, 0.25) is 5.91 Å². The lowest BCUT2D eigenvalue weighted by atomic mass is 10.0. The fraction of sp³-hybridized carbons (Fsp3) is 0.438. The van der Waals surface area contributed by atoms with Crippen LogP contribution in [-0.2, 0) is 4.79 Å². The molecule has 0 radical (unpaired) electrons. The van der Waals surface area contributed by atoms with E-state index in [1.165, 1.54) is 4.90 Å². The second kappa shape index (κ2) is 4.90. The summed E-state index contributed by atoms with van der Waals surface area (Å²) in [6, 6.07) is 7.83. The molecule has 1 fully saturated rings. The van der Waals surface area contributed by atoms with E-state index in [4.69, 9.17) is 0 Å². The molecule has 1 aromatic rings. The lowest BCUT2D eigenvalue weighted by Crippen LogP contribution is -2.32. The van der Waals surface area contributed by atoms with E-state index in [1.54, 1.807) is 0 Å². The smallest absolute Gasteiger partial charge is 0.334 e. The molecular weight excluding hydrogens is 279 g/mol. The van der Waals surface area contributed by atoms with Crippen LogP contribution in [-0.4, -0.2) is 30.1 Å². The molecule has 1 heterocycles. The number of benzene rings is 1. The SMILES string of the molecule is Cc1ccccc1C1=CCN(C(=O)[C@@H]2C[C@H]2C(F)(F)F)C1. The van der Waals surface area contributed by atoms with Gasteiger partial charge < -0.3 is 4.90 Å². The molecular formula is C16H16F3NO. The number of carbonyl (C=O) groups excluding carboxylic acids is 1. The van der Waals surface area contributed by atoms with Crippen LogP contribution in [0.5, 0.6) is 0 Å². The van der Waals surface area contributed by atoms with Crippen LogP contribution >= 0.6 is 0 Å². The first-order valence-electron chi connectivity index (χ1n) is 6.98. The summed E-state index contributed by atoms with van der Waals surface area (Å²) < 4.78 is 37.6. The van der Waals surface area contributed by atoms with Crippen molar-refractivity contribution in [2.24, 2.45) is 11.8 Å². The van der Waals surface area contributed by atoms with E-state index in [0.29, 0.717) is 13.1 Å². The van der Waals surface area contributed by atoms with Gasteiger partial charge in [-0.1, -0.05) is 30.3 Å². The molecule has 2 atom stereocenters. The quantitative estimate of drug-likeness (QED) is 0.818. The van der Waals surface area contributed by atoms with E-state index in [-0.39, 0.29) is 12.3 Å². The number of alkyl halides is 3. The molecule has 112 valence electrons. The summed E-state index contributed by atoms with van der Waals surface area (Å²) in [4.78, 5) is 13.6. The molecule has 2 nitrogen and oxygen atoms in total. The largest absolute Gasteiger partial charge is 0.392 e. The molecule has 0 N–H and O–H groups in total. The molecule has 21 heavy (non-hydrogen) atoms. The Morgan fingerprint density at radius 3 is 2.62 bits per heavy atom. The van der Waals surface area contributed by atoms with Crippen molar-refractivity contribution in [2.45, 2.75) is 19.5 Å². The van der Waals surface area contributed by atoms with Crippen LogP contribution in [0.1, 0.15) is 17.5 Å². The first-order chi connectivity index (χ1) is 9.88. The van der Waals surface area contributed by atoms with Gasteiger partial charge >= 0.3 is 6.18 Å². The highest BCUT2D eigenvalue weighted by molar-refractivity contribution is 5.86. The standard InChI is InChI=1S/C16H16F3NO/c1-10-4-2-3-5-12(10)11-6-7-20(9-11)15(21)13-8-14(13)16(17,18)19/h2-6,13-14H,7-9H2,1H3/t13-,14-/m1/s1. The maximum absolute atomic E-state index is 12.5. The summed E-state index contributed by atoms with van der Waals surface area (Å²) in [7, 11) is 0. The van der Waals surface area contributed by atoms with Gasteiger partial charge in [0.05, 0.1) is 11.8 Å². The predicted octanol–water partition coefficient (Wildman–Crippen LogP) is 3.42. The monoisotopic (exact) mass is 295 g/mol. The van der Waals surface area contributed by atoms with Crippen molar-refractivity contribution in [1.29, 1.82) is 0 Å². The van der Waals surface area contributed by atoms with Crippen molar-refractivity contribution < 1.29 is 18.0 Å². The molecule has 0 bridgehead atoms. The van der Waals surface area contributed by atoms with Gasteiger partial charge in [0.25, 0.3) is 0 Å². The van der Waals surface area contributed by atoms with Crippen molar-refractivity contribution in [2.75, 3.05) is 13.1 Å². The molecule has 1 aromatic carbocycles. The Balaban J connectivity index is 1.65. The maximum Gasteiger partial charge on any atom is 0.392 e. The van der Waals surface area contributed by atoms with Crippen LogP contribution in [0.4, 0.5) is 13.2 Å². The van der Waals surface area contributed by atoms with Crippen molar-refractivity contribution in [3.63, 3.8) is 0 Å². The van der Waals surface area contributed by atoms with Crippen molar-refractivity contribution in [3.05, 3.63) is 41.5 Å². The average molecular weight is 295 g/mol. The minimum Gasteiger partial charge on any atom is -0.334 e. The molecule has 0 aromatic heterocycles.